The summed E-state index contributed by atoms with van der Waals surface area (Å²) in [5, 5.41) is 0. The average Bonchev–Trinajstić information content (AvgIpc) is 2.45. The van der Waals surface area contributed by atoms with Crippen LogP contribution in [0.4, 0.5) is 22.7 Å². The van der Waals surface area contributed by atoms with Crippen LogP contribution in [0.2, 0.25) is 0 Å². The summed E-state index contributed by atoms with van der Waals surface area (Å²) >= 11 is 0. The maximum atomic E-state index is 6.12. The molecule has 0 saturated heterocycles. The molecule has 0 bridgehead atoms. The van der Waals surface area contributed by atoms with Crippen molar-refractivity contribution >= 4 is 22.7 Å². The van der Waals surface area contributed by atoms with Gasteiger partial charge < -0.3 is 27.7 Å². The van der Waals surface area contributed by atoms with E-state index in [1.807, 2.05) is 13.8 Å². The van der Waals surface area contributed by atoms with Crippen LogP contribution in [-0.4, -0.2) is 0 Å². The molecule has 0 radical (unpaired) electrons. The number of hydrogen-bond donors (Lipinski definition) is 4. The monoisotopic (exact) mass is 286 g/mol. The fourth-order valence-corrected chi connectivity index (χ4v) is 2.41. The summed E-state index contributed by atoms with van der Waals surface area (Å²) in [7, 11) is 0. The summed E-state index contributed by atoms with van der Waals surface area (Å²) in [6.07, 6.45) is 1.48. The van der Waals surface area contributed by atoms with Gasteiger partial charge >= 0.3 is 0 Å². The van der Waals surface area contributed by atoms with Crippen LogP contribution in [0.5, 0.6) is 11.5 Å². The first kappa shape index (κ1) is 14.8. The quantitative estimate of drug-likeness (QED) is 0.645. The van der Waals surface area contributed by atoms with Crippen LogP contribution in [0.1, 0.15) is 25.0 Å². The van der Waals surface area contributed by atoms with Crippen molar-refractivity contribution < 1.29 is 4.74 Å². The number of benzene rings is 2. The molecule has 0 aliphatic heterocycles. The number of anilines is 4. The molecular weight excluding hydrogens is 264 g/mol. The molecule has 0 aromatic heterocycles. The van der Waals surface area contributed by atoms with Gasteiger partial charge in [0.2, 0.25) is 0 Å². The van der Waals surface area contributed by atoms with Crippen LogP contribution in [0.15, 0.2) is 24.3 Å². The van der Waals surface area contributed by atoms with E-state index in [9.17, 15) is 0 Å². The van der Waals surface area contributed by atoms with E-state index in [0.29, 0.717) is 34.2 Å². The van der Waals surface area contributed by atoms with Gasteiger partial charge in [0, 0.05) is 22.5 Å². The van der Waals surface area contributed by atoms with Gasteiger partial charge in [-0.15, -0.1) is 0 Å². The largest absolute Gasteiger partial charge is 0.453 e. The van der Waals surface area contributed by atoms with Crippen molar-refractivity contribution in [3.05, 3.63) is 35.4 Å². The Labute approximate surface area is 124 Å². The molecule has 0 spiro atoms. The standard InChI is InChI=1S/C16H22N4O/c1-3-9-11(17)5-7-13(15(9)19)21-14-8-6-12(18)10(4-2)16(14)20/h5-8H,3-4,17-20H2,1-2H3. The topological polar surface area (TPSA) is 113 Å². The summed E-state index contributed by atoms with van der Waals surface area (Å²) in [5.74, 6) is 1.11. The van der Waals surface area contributed by atoms with E-state index in [-0.39, 0.29) is 0 Å². The molecule has 0 aliphatic carbocycles. The molecule has 5 heteroatoms. The molecular formula is C16H22N4O. The van der Waals surface area contributed by atoms with Crippen molar-refractivity contribution in [2.24, 2.45) is 0 Å². The highest BCUT2D eigenvalue weighted by Gasteiger charge is 2.13. The lowest BCUT2D eigenvalue weighted by atomic mass is 10.1. The van der Waals surface area contributed by atoms with Gasteiger partial charge in [-0.05, 0) is 37.1 Å². The maximum absolute atomic E-state index is 6.12. The highest BCUT2D eigenvalue weighted by atomic mass is 16.5. The van der Waals surface area contributed by atoms with E-state index in [0.717, 1.165) is 24.0 Å². The van der Waals surface area contributed by atoms with Crippen LogP contribution in [0.25, 0.3) is 0 Å². The Morgan fingerprint density at radius 3 is 1.43 bits per heavy atom. The fraction of sp³-hybridized carbons (Fsp3) is 0.250. The maximum Gasteiger partial charge on any atom is 0.150 e. The predicted octanol–water partition coefficient (Wildman–Crippen LogP) is 2.93. The summed E-state index contributed by atoms with van der Waals surface area (Å²) in [5.41, 5.74) is 28.3. The highest BCUT2D eigenvalue weighted by Crippen LogP contribution is 2.38. The van der Waals surface area contributed by atoms with E-state index in [2.05, 4.69) is 0 Å². The Hall–Kier alpha value is -2.56. The number of nitrogen functional groups attached to an aromatic ring is 4. The Kier molecular flexibility index (Phi) is 4.12. The SMILES string of the molecule is CCc1c(N)ccc(Oc2ccc(N)c(CC)c2N)c1N. The highest BCUT2D eigenvalue weighted by molar-refractivity contribution is 5.72. The molecule has 5 nitrogen and oxygen atoms in total. The van der Waals surface area contributed by atoms with Crippen molar-refractivity contribution in [2.75, 3.05) is 22.9 Å². The van der Waals surface area contributed by atoms with E-state index >= 15 is 0 Å². The average molecular weight is 286 g/mol. The van der Waals surface area contributed by atoms with E-state index in [1.54, 1.807) is 24.3 Å². The Bertz CT molecular complexity index is 610. The third kappa shape index (κ3) is 2.67. The van der Waals surface area contributed by atoms with Crippen LogP contribution in [0, 0.1) is 0 Å². The number of hydrogen-bond acceptors (Lipinski definition) is 5. The molecule has 0 unspecified atom stereocenters. The van der Waals surface area contributed by atoms with E-state index < -0.39 is 0 Å². The van der Waals surface area contributed by atoms with Crippen molar-refractivity contribution in [3.8, 4) is 11.5 Å². The molecule has 0 aliphatic rings. The Balaban J connectivity index is 2.44. The van der Waals surface area contributed by atoms with E-state index in [4.69, 9.17) is 27.7 Å². The first-order valence-electron chi connectivity index (χ1n) is 7.01. The lowest BCUT2D eigenvalue weighted by molar-refractivity contribution is 0.486. The van der Waals surface area contributed by atoms with E-state index in [1.165, 1.54) is 0 Å². The minimum Gasteiger partial charge on any atom is -0.453 e. The van der Waals surface area contributed by atoms with Crippen molar-refractivity contribution in [3.63, 3.8) is 0 Å². The summed E-state index contributed by atoms with van der Waals surface area (Å²) in [6, 6.07) is 7.09. The van der Waals surface area contributed by atoms with Gasteiger partial charge in [-0.3, -0.25) is 0 Å². The first-order valence-corrected chi connectivity index (χ1v) is 7.01. The third-order valence-electron chi connectivity index (χ3n) is 3.63. The lowest BCUT2D eigenvalue weighted by Crippen LogP contribution is -2.04. The predicted molar refractivity (Wildman–Crippen MR) is 89.4 cm³/mol. The van der Waals surface area contributed by atoms with Crippen LogP contribution in [0.3, 0.4) is 0 Å². The zero-order valence-electron chi connectivity index (χ0n) is 12.4. The Morgan fingerprint density at radius 1 is 0.714 bits per heavy atom. The second kappa shape index (κ2) is 5.83. The molecule has 0 amide bonds. The van der Waals surface area contributed by atoms with Crippen molar-refractivity contribution in [2.45, 2.75) is 26.7 Å². The molecule has 0 fully saturated rings. The number of ether oxygens (including phenoxy) is 1. The van der Waals surface area contributed by atoms with Crippen LogP contribution >= 0.6 is 0 Å². The minimum absolute atomic E-state index is 0.548. The smallest absolute Gasteiger partial charge is 0.150 e. The molecule has 2 aromatic carbocycles. The van der Waals surface area contributed by atoms with Crippen LogP contribution < -0.4 is 27.7 Å². The second-order valence-corrected chi connectivity index (χ2v) is 4.90. The lowest BCUT2D eigenvalue weighted by Gasteiger charge is -2.16. The number of rotatable bonds is 4. The summed E-state index contributed by atoms with van der Waals surface area (Å²) in [6.45, 7) is 4.00. The molecule has 8 N–H and O–H groups in total. The van der Waals surface area contributed by atoms with Gasteiger partial charge in [0.25, 0.3) is 0 Å². The van der Waals surface area contributed by atoms with Crippen LogP contribution in [-0.2, 0) is 12.8 Å². The third-order valence-corrected chi connectivity index (χ3v) is 3.63. The minimum atomic E-state index is 0.548. The van der Waals surface area contributed by atoms with Gasteiger partial charge in [-0.25, -0.2) is 0 Å². The van der Waals surface area contributed by atoms with Crippen molar-refractivity contribution in [1.82, 2.24) is 0 Å². The molecule has 0 saturated carbocycles. The normalized spacial score (nSPS) is 10.6. The molecule has 21 heavy (non-hydrogen) atoms. The van der Waals surface area contributed by atoms with Gasteiger partial charge in [-0.1, -0.05) is 13.8 Å². The summed E-state index contributed by atoms with van der Waals surface area (Å²) < 4.78 is 5.87. The van der Waals surface area contributed by atoms with Gasteiger partial charge in [0.05, 0.1) is 11.4 Å². The fourth-order valence-electron chi connectivity index (χ4n) is 2.41. The zero-order chi connectivity index (χ0) is 15.6. The van der Waals surface area contributed by atoms with Gasteiger partial charge in [0.1, 0.15) is 0 Å². The van der Waals surface area contributed by atoms with Gasteiger partial charge in [0.15, 0.2) is 11.5 Å². The zero-order valence-corrected chi connectivity index (χ0v) is 12.4. The molecule has 0 heterocycles. The van der Waals surface area contributed by atoms with Crippen molar-refractivity contribution in [1.29, 1.82) is 0 Å². The molecule has 2 rings (SSSR count). The second-order valence-electron chi connectivity index (χ2n) is 4.90. The molecule has 0 atom stereocenters. The Morgan fingerprint density at radius 2 is 1.10 bits per heavy atom. The summed E-state index contributed by atoms with van der Waals surface area (Å²) in [4.78, 5) is 0. The molecule has 2 aromatic rings. The first-order chi connectivity index (χ1) is 9.99. The number of nitrogens with two attached hydrogens (primary N) is 4. The van der Waals surface area contributed by atoms with Gasteiger partial charge in [-0.2, -0.15) is 0 Å². The molecule has 112 valence electrons.